The van der Waals surface area contributed by atoms with Crippen LogP contribution in [0.3, 0.4) is 0 Å². The van der Waals surface area contributed by atoms with Crippen LogP contribution < -0.4 is 5.73 Å². The summed E-state index contributed by atoms with van der Waals surface area (Å²) in [5, 5.41) is 5.04. The van der Waals surface area contributed by atoms with E-state index in [1.165, 1.54) is 0 Å². The maximum atomic E-state index is 5.98. The van der Waals surface area contributed by atoms with E-state index in [1.54, 1.807) is 35.4 Å². The highest BCUT2D eigenvalue weighted by Crippen LogP contribution is 2.26. The summed E-state index contributed by atoms with van der Waals surface area (Å²) in [6.07, 6.45) is 4.99. The molecule has 19 heavy (non-hydrogen) atoms. The van der Waals surface area contributed by atoms with Gasteiger partial charge >= 0.3 is 0 Å². The van der Waals surface area contributed by atoms with Gasteiger partial charge in [0, 0.05) is 23.0 Å². The quantitative estimate of drug-likeness (QED) is 0.778. The first-order chi connectivity index (χ1) is 9.24. The predicted octanol–water partition coefficient (Wildman–Crippen LogP) is 2.56. The van der Waals surface area contributed by atoms with Crippen LogP contribution in [0.15, 0.2) is 48.9 Å². The highest BCUT2D eigenvalue weighted by molar-refractivity contribution is 6.30. The Hall–Kier alpha value is -2.40. The van der Waals surface area contributed by atoms with Crippen molar-refractivity contribution in [1.82, 2.24) is 19.7 Å². The Morgan fingerprint density at radius 2 is 1.89 bits per heavy atom. The minimum atomic E-state index is 0.475. The normalized spacial score (nSPS) is 10.6. The van der Waals surface area contributed by atoms with Gasteiger partial charge in [0.25, 0.3) is 5.95 Å². The third-order valence-electron chi connectivity index (χ3n) is 2.60. The van der Waals surface area contributed by atoms with Gasteiger partial charge in [-0.1, -0.05) is 23.7 Å². The average molecular weight is 272 g/mol. The molecule has 0 radical (unpaired) electrons. The molecule has 3 aromatic rings. The molecule has 0 saturated heterocycles. The number of nitrogens with two attached hydrogens (primary N) is 1. The summed E-state index contributed by atoms with van der Waals surface area (Å²) in [7, 11) is 0. The first-order valence-corrected chi connectivity index (χ1v) is 6.00. The number of nitrogens with zero attached hydrogens (tertiary/aromatic N) is 4. The summed E-state index contributed by atoms with van der Waals surface area (Å²) in [4.78, 5) is 8.24. The maximum Gasteiger partial charge on any atom is 0.250 e. The number of benzene rings is 1. The van der Waals surface area contributed by atoms with Crippen molar-refractivity contribution in [1.29, 1.82) is 0 Å². The fourth-order valence-electron chi connectivity index (χ4n) is 1.76. The minimum Gasteiger partial charge on any atom is -0.396 e. The summed E-state index contributed by atoms with van der Waals surface area (Å²) in [6, 6.07) is 9.12. The van der Waals surface area contributed by atoms with Gasteiger partial charge in [0.2, 0.25) is 0 Å². The predicted molar refractivity (Wildman–Crippen MR) is 74.0 cm³/mol. The molecule has 2 heterocycles. The Morgan fingerprint density at radius 1 is 1.11 bits per heavy atom. The summed E-state index contributed by atoms with van der Waals surface area (Å²) in [5.74, 6) is 0.475. The van der Waals surface area contributed by atoms with Gasteiger partial charge in [-0.05, 0) is 18.2 Å². The highest BCUT2D eigenvalue weighted by atomic mass is 35.5. The molecule has 0 aliphatic rings. The van der Waals surface area contributed by atoms with Crippen molar-refractivity contribution in [3.05, 3.63) is 53.9 Å². The van der Waals surface area contributed by atoms with Crippen LogP contribution in [0.1, 0.15) is 0 Å². The second kappa shape index (κ2) is 4.70. The fraction of sp³-hybridized carbons (Fsp3) is 0. The van der Waals surface area contributed by atoms with Gasteiger partial charge < -0.3 is 5.73 Å². The Labute approximate surface area is 114 Å². The van der Waals surface area contributed by atoms with Crippen molar-refractivity contribution in [2.75, 3.05) is 5.73 Å². The molecule has 6 heteroatoms. The van der Waals surface area contributed by atoms with Crippen LogP contribution in [0.4, 0.5) is 5.69 Å². The van der Waals surface area contributed by atoms with Crippen molar-refractivity contribution >= 4 is 17.3 Å². The number of hydrogen-bond donors (Lipinski definition) is 1. The molecule has 2 aromatic heterocycles. The van der Waals surface area contributed by atoms with E-state index >= 15 is 0 Å². The van der Waals surface area contributed by atoms with Crippen molar-refractivity contribution in [2.24, 2.45) is 0 Å². The second-order valence-electron chi connectivity index (χ2n) is 3.94. The third kappa shape index (κ3) is 2.28. The van der Waals surface area contributed by atoms with Gasteiger partial charge in [0.05, 0.1) is 11.9 Å². The van der Waals surface area contributed by atoms with Crippen LogP contribution in [-0.2, 0) is 0 Å². The third-order valence-corrected chi connectivity index (χ3v) is 2.83. The van der Waals surface area contributed by atoms with E-state index < -0.39 is 0 Å². The van der Waals surface area contributed by atoms with E-state index in [9.17, 15) is 0 Å². The smallest absolute Gasteiger partial charge is 0.250 e. The molecule has 0 bridgehead atoms. The number of halogens is 1. The van der Waals surface area contributed by atoms with Gasteiger partial charge in [0.1, 0.15) is 5.69 Å². The Kier molecular flexibility index (Phi) is 2.89. The van der Waals surface area contributed by atoms with Gasteiger partial charge in [-0.25, -0.2) is 14.6 Å². The van der Waals surface area contributed by atoms with E-state index in [0.717, 1.165) is 5.56 Å². The van der Waals surface area contributed by atoms with E-state index in [1.807, 2.05) is 18.2 Å². The summed E-state index contributed by atoms with van der Waals surface area (Å²) in [6.45, 7) is 0. The molecule has 5 nitrogen and oxygen atoms in total. The fourth-order valence-corrected chi connectivity index (χ4v) is 1.95. The topological polar surface area (TPSA) is 69.6 Å². The zero-order valence-electron chi connectivity index (χ0n) is 9.86. The highest BCUT2D eigenvalue weighted by Gasteiger charge is 2.10. The number of anilines is 1. The first kappa shape index (κ1) is 11.7. The lowest BCUT2D eigenvalue weighted by Gasteiger charge is -1.99. The lowest BCUT2D eigenvalue weighted by molar-refractivity contribution is 0.811. The second-order valence-corrected chi connectivity index (χ2v) is 4.37. The number of aromatic nitrogens is 4. The van der Waals surface area contributed by atoms with Crippen molar-refractivity contribution < 1.29 is 0 Å². The molecule has 0 aliphatic heterocycles. The molecule has 0 aliphatic carbocycles. The van der Waals surface area contributed by atoms with E-state index in [0.29, 0.717) is 22.4 Å². The Bertz CT molecular complexity index is 708. The lowest BCUT2D eigenvalue weighted by atomic mass is 10.1. The molecular formula is C13H10ClN5. The zero-order valence-corrected chi connectivity index (χ0v) is 10.6. The molecule has 3 rings (SSSR count). The molecule has 2 N–H and O–H groups in total. The van der Waals surface area contributed by atoms with Crippen molar-refractivity contribution in [3.8, 4) is 17.2 Å². The largest absolute Gasteiger partial charge is 0.396 e. The van der Waals surface area contributed by atoms with Crippen LogP contribution in [0.2, 0.25) is 5.02 Å². The monoisotopic (exact) mass is 271 g/mol. The lowest BCUT2D eigenvalue weighted by Crippen LogP contribution is -2.00. The maximum absolute atomic E-state index is 5.98. The Balaban J connectivity index is 2.08. The van der Waals surface area contributed by atoms with Crippen LogP contribution >= 0.6 is 11.6 Å². The van der Waals surface area contributed by atoms with Gasteiger partial charge in [-0.2, -0.15) is 5.10 Å². The molecule has 0 amide bonds. The zero-order chi connectivity index (χ0) is 13.2. The SMILES string of the molecule is Nc1cn(-c2ncccn2)nc1-c1cccc(Cl)c1. The van der Waals surface area contributed by atoms with Crippen molar-refractivity contribution in [3.63, 3.8) is 0 Å². The van der Waals surface area contributed by atoms with E-state index in [2.05, 4.69) is 15.1 Å². The van der Waals surface area contributed by atoms with Crippen LogP contribution in [0.5, 0.6) is 0 Å². The molecule has 0 unspecified atom stereocenters. The Morgan fingerprint density at radius 3 is 2.63 bits per heavy atom. The van der Waals surface area contributed by atoms with Gasteiger partial charge in [-0.3, -0.25) is 0 Å². The number of rotatable bonds is 2. The molecule has 94 valence electrons. The molecule has 1 aromatic carbocycles. The summed E-state index contributed by atoms with van der Waals surface area (Å²) >= 11 is 5.97. The summed E-state index contributed by atoms with van der Waals surface area (Å²) < 4.78 is 1.55. The molecule has 0 atom stereocenters. The van der Waals surface area contributed by atoms with Gasteiger partial charge in [0.15, 0.2) is 0 Å². The van der Waals surface area contributed by atoms with Crippen LogP contribution in [0.25, 0.3) is 17.2 Å². The number of hydrogen-bond acceptors (Lipinski definition) is 4. The standard InChI is InChI=1S/C13H10ClN5/c14-10-4-1-3-9(7-10)12-11(15)8-19(18-12)13-16-5-2-6-17-13/h1-8H,15H2. The number of nitrogen functional groups attached to an aromatic ring is 1. The first-order valence-electron chi connectivity index (χ1n) is 5.62. The van der Waals surface area contributed by atoms with E-state index in [4.69, 9.17) is 17.3 Å². The van der Waals surface area contributed by atoms with Gasteiger partial charge in [-0.15, -0.1) is 0 Å². The molecule has 0 fully saturated rings. The molecule has 0 saturated carbocycles. The molecule has 0 spiro atoms. The summed E-state index contributed by atoms with van der Waals surface area (Å²) in [5.41, 5.74) is 8.05. The van der Waals surface area contributed by atoms with Crippen molar-refractivity contribution in [2.45, 2.75) is 0 Å². The minimum absolute atomic E-state index is 0.475. The van der Waals surface area contributed by atoms with E-state index in [-0.39, 0.29) is 0 Å². The van der Waals surface area contributed by atoms with Crippen LogP contribution in [-0.4, -0.2) is 19.7 Å². The molecular weight excluding hydrogens is 262 g/mol. The van der Waals surface area contributed by atoms with Crippen LogP contribution in [0, 0.1) is 0 Å². The average Bonchev–Trinajstić information content (AvgIpc) is 2.82.